The number of piperidine rings is 3. The number of rotatable bonds is 15. The molecule has 9 fully saturated rings. The van der Waals surface area contributed by atoms with Crippen molar-refractivity contribution in [1.29, 1.82) is 0 Å². The van der Waals surface area contributed by atoms with Crippen molar-refractivity contribution in [3.63, 3.8) is 0 Å². The van der Waals surface area contributed by atoms with Crippen LogP contribution in [0, 0.1) is 35.5 Å². The van der Waals surface area contributed by atoms with E-state index in [0.29, 0.717) is 107 Å². The number of fused-ring (bicyclic) bond motifs is 6. The fourth-order valence-corrected chi connectivity index (χ4v) is 17.7. The van der Waals surface area contributed by atoms with Gasteiger partial charge in [-0.1, -0.05) is 46.0 Å². The molecule has 0 bridgehead atoms. The summed E-state index contributed by atoms with van der Waals surface area (Å²) in [6, 6.07) is 17.8. The number of nitrogens with zero attached hydrogens (tertiary/aromatic N) is 18. The molecule has 6 atom stereocenters. The molecule has 9 aliphatic rings. The van der Waals surface area contributed by atoms with Crippen molar-refractivity contribution in [2.45, 2.75) is 122 Å². The Morgan fingerprint density at radius 1 is 0.376 bits per heavy atom. The molecule has 572 valence electrons. The van der Waals surface area contributed by atoms with Gasteiger partial charge >= 0.3 is 0 Å². The standard InChI is InChI=1S/3C26H32N8O2.CH4/c3*1-32(2)25(36)21-9-17-13-29-26(31-24(17)34(21)19-5-3-4-6-19)30-22-8-7-20(14-28-22)33-15-18-12-27-11-16(18)10-23(33)35;/h3*7-9,13-14,16,18-19,27H,3-6,10-12,15H2,1-2H3,(H,28,29,30,31);1H4/t2*16-,18-;;/m10../s1. The molecule has 30 heteroatoms. The molecule has 6 amide bonds. The maximum atomic E-state index is 12.9. The van der Waals surface area contributed by atoms with Gasteiger partial charge in [0.05, 0.1) is 35.7 Å². The summed E-state index contributed by atoms with van der Waals surface area (Å²) in [6.45, 7) is 7.90. The predicted octanol–water partition coefficient (Wildman–Crippen LogP) is 9.51. The molecule has 9 aromatic rings. The van der Waals surface area contributed by atoms with Crippen molar-refractivity contribution in [3.05, 3.63) is 109 Å². The summed E-state index contributed by atoms with van der Waals surface area (Å²) in [6.07, 6.45) is 25.4. The van der Waals surface area contributed by atoms with Gasteiger partial charge in [-0.3, -0.25) is 28.8 Å². The summed E-state index contributed by atoms with van der Waals surface area (Å²) < 4.78 is 6.30. The Morgan fingerprint density at radius 3 is 0.890 bits per heavy atom. The third-order valence-corrected chi connectivity index (χ3v) is 23.5. The third-order valence-electron chi connectivity index (χ3n) is 23.5. The number of hydrogen-bond donors (Lipinski definition) is 6. The molecule has 0 spiro atoms. The second-order valence-electron chi connectivity index (χ2n) is 31.3. The lowest BCUT2D eigenvalue weighted by molar-refractivity contribution is -0.122. The molecule has 30 nitrogen and oxygen atoms in total. The van der Waals surface area contributed by atoms with Gasteiger partial charge in [0, 0.05) is 134 Å². The van der Waals surface area contributed by atoms with Gasteiger partial charge in [-0.05, 0) is 168 Å². The van der Waals surface area contributed by atoms with E-state index in [1.165, 1.54) is 0 Å². The smallest absolute Gasteiger partial charge is 0.270 e. The Balaban J connectivity index is 0.000000130. The van der Waals surface area contributed by atoms with Crippen LogP contribution >= 0.6 is 0 Å². The Labute approximate surface area is 634 Å². The number of carbonyl (C=O) groups is 6. The van der Waals surface area contributed by atoms with E-state index < -0.39 is 0 Å². The highest BCUT2D eigenvalue weighted by Gasteiger charge is 2.41. The van der Waals surface area contributed by atoms with E-state index in [4.69, 9.17) is 15.0 Å². The molecule has 109 heavy (non-hydrogen) atoms. The zero-order chi connectivity index (χ0) is 74.4. The molecule has 15 heterocycles. The van der Waals surface area contributed by atoms with Gasteiger partial charge in [-0.15, -0.1) is 0 Å². The highest BCUT2D eigenvalue weighted by Crippen LogP contribution is 2.40. The third kappa shape index (κ3) is 15.2. The molecular formula is C79H100N24O6. The van der Waals surface area contributed by atoms with Gasteiger partial charge in [0.1, 0.15) is 51.5 Å². The summed E-state index contributed by atoms with van der Waals surface area (Å²) in [5.74, 6) is 6.34. The van der Waals surface area contributed by atoms with Gasteiger partial charge in [0.15, 0.2) is 0 Å². The first-order valence-corrected chi connectivity index (χ1v) is 38.4. The number of aromatic nitrogens is 12. The van der Waals surface area contributed by atoms with Gasteiger partial charge in [-0.25, -0.2) is 29.9 Å². The summed E-state index contributed by atoms with van der Waals surface area (Å²) >= 11 is 0. The second kappa shape index (κ2) is 31.5. The Kier molecular flexibility index (Phi) is 21.4. The summed E-state index contributed by atoms with van der Waals surface area (Å²) in [7, 11) is 10.6. The van der Waals surface area contributed by atoms with E-state index in [-0.39, 0.29) is 61.0 Å². The molecule has 18 rings (SSSR count). The molecule has 6 N–H and O–H groups in total. The minimum atomic E-state index is -0.0290. The molecule has 6 aliphatic heterocycles. The fraction of sp³-hybridized carbons (Fsp3) is 0.506. The van der Waals surface area contributed by atoms with Crippen molar-refractivity contribution in [1.82, 2.24) is 89.2 Å². The van der Waals surface area contributed by atoms with E-state index in [9.17, 15) is 28.8 Å². The van der Waals surface area contributed by atoms with Crippen molar-refractivity contribution < 1.29 is 28.8 Å². The molecule has 3 aliphatic carbocycles. The number of anilines is 9. The lowest BCUT2D eigenvalue weighted by Crippen LogP contribution is -2.44. The quantitative estimate of drug-likeness (QED) is 0.0556. The van der Waals surface area contributed by atoms with Crippen LogP contribution in [0.2, 0.25) is 0 Å². The highest BCUT2D eigenvalue weighted by atomic mass is 16.2. The number of carbonyl (C=O) groups excluding carboxylic acids is 6. The van der Waals surface area contributed by atoms with Crippen molar-refractivity contribution >= 4 is 121 Å². The van der Waals surface area contributed by atoms with Crippen LogP contribution in [0.1, 0.15) is 153 Å². The van der Waals surface area contributed by atoms with Crippen LogP contribution in [0.15, 0.2) is 91.8 Å². The Hall–Kier alpha value is -10.6. The maximum absolute atomic E-state index is 12.9. The first-order valence-electron chi connectivity index (χ1n) is 38.4. The first kappa shape index (κ1) is 73.9. The van der Waals surface area contributed by atoms with Gasteiger partial charge in [-0.2, -0.15) is 15.0 Å². The zero-order valence-electron chi connectivity index (χ0n) is 62.3. The monoisotopic (exact) mass is 1480 g/mol. The van der Waals surface area contributed by atoms with Crippen molar-refractivity contribution in [2.75, 3.05) is 132 Å². The molecule has 6 saturated heterocycles. The maximum Gasteiger partial charge on any atom is 0.270 e. The molecular weight excluding hydrogens is 1380 g/mol. The Bertz CT molecular complexity index is 4370. The summed E-state index contributed by atoms with van der Waals surface area (Å²) in [5, 5.41) is 22.3. The minimum Gasteiger partial charge on any atom is -0.343 e. The summed E-state index contributed by atoms with van der Waals surface area (Å²) in [4.78, 5) is 129. The van der Waals surface area contributed by atoms with Crippen LogP contribution < -0.4 is 46.6 Å². The van der Waals surface area contributed by atoms with E-state index in [1.807, 2.05) is 69.3 Å². The number of nitrogens with one attached hydrogen (secondary N) is 6. The van der Waals surface area contributed by atoms with Crippen LogP contribution in [0.25, 0.3) is 33.1 Å². The van der Waals surface area contributed by atoms with Crippen LogP contribution in [0.4, 0.5) is 52.4 Å². The zero-order valence-corrected chi connectivity index (χ0v) is 62.3. The summed E-state index contributed by atoms with van der Waals surface area (Å²) in [5.41, 5.74) is 6.70. The predicted molar refractivity (Wildman–Crippen MR) is 419 cm³/mol. The minimum absolute atomic E-state index is 0. The lowest BCUT2D eigenvalue weighted by Gasteiger charge is -2.34. The topological polar surface area (TPSA) is 325 Å². The number of hydrogen-bond acceptors (Lipinski definition) is 21. The second-order valence-corrected chi connectivity index (χ2v) is 31.3. The van der Waals surface area contributed by atoms with Crippen LogP contribution in [0.3, 0.4) is 0 Å². The van der Waals surface area contributed by atoms with E-state index in [0.717, 1.165) is 186 Å². The SMILES string of the molecule is C.CN(C)C(=O)c1cc2cnc(Nc3ccc(N4CC5CNCC5CC4=O)cn3)nc2n1C1CCCC1.CN(C)C(=O)c1cc2cnc(Nc3ccc(N4C[C@@H]5CNC[C@@H]5CC4=O)cn3)nc2n1C1CCCC1.CN(C)C(=O)c1cc2cnc(Nc3ccc(N4C[C@H]5CNC[C@H]5CC4=O)cn3)nc2n1C1CCCC1. The van der Waals surface area contributed by atoms with E-state index in [1.54, 1.807) is 94.2 Å². The van der Waals surface area contributed by atoms with E-state index >= 15 is 0 Å². The van der Waals surface area contributed by atoms with Crippen LogP contribution in [0.5, 0.6) is 0 Å². The fourth-order valence-electron chi connectivity index (χ4n) is 17.7. The number of pyridine rings is 3. The normalized spacial score (nSPS) is 22.1. The molecule has 0 aromatic carbocycles. The average molecular weight is 1480 g/mol. The number of amides is 6. The molecule has 2 unspecified atom stereocenters. The Morgan fingerprint density at radius 2 is 0.642 bits per heavy atom. The average Bonchev–Trinajstić information content (AvgIpc) is 1.62. The van der Waals surface area contributed by atoms with E-state index in [2.05, 4.69) is 75.5 Å². The van der Waals surface area contributed by atoms with Crippen molar-refractivity contribution in [2.24, 2.45) is 35.5 Å². The largest absolute Gasteiger partial charge is 0.343 e. The molecule has 3 saturated carbocycles. The van der Waals surface area contributed by atoms with Crippen molar-refractivity contribution in [3.8, 4) is 0 Å². The van der Waals surface area contributed by atoms with Gasteiger partial charge < -0.3 is 75.0 Å². The lowest BCUT2D eigenvalue weighted by atomic mass is 9.88. The highest BCUT2D eigenvalue weighted by molar-refractivity contribution is 6.01. The van der Waals surface area contributed by atoms with Gasteiger partial charge in [0.25, 0.3) is 17.7 Å². The molecule has 0 radical (unpaired) electrons. The first-order chi connectivity index (χ1) is 52.4. The molecule has 9 aromatic heterocycles. The van der Waals surface area contributed by atoms with Crippen LogP contribution in [-0.4, -0.2) is 210 Å². The van der Waals surface area contributed by atoms with Gasteiger partial charge in [0.2, 0.25) is 35.6 Å². The van der Waals surface area contributed by atoms with Crippen LogP contribution in [-0.2, 0) is 14.4 Å².